The minimum absolute atomic E-state index is 0.0199. The van der Waals surface area contributed by atoms with E-state index < -0.39 is 60.2 Å². The summed E-state index contributed by atoms with van der Waals surface area (Å²) in [6, 6.07) is 2.10. The van der Waals surface area contributed by atoms with E-state index in [4.69, 9.17) is 17.2 Å². The topological polar surface area (TPSA) is 268 Å². The van der Waals surface area contributed by atoms with E-state index in [-0.39, 0.29) is 37.7 Å². The average Bonchev–Trinajstić information content (AvgIpc) is 3.35. The van der Waals surface area contributed by atoms with Crippen molar-refractivity contribution >= 4 is 46.5 Å². The van der Waals surface area contributed by atoms with Gasteiger partial charge >= 0.3 is 11.9 Å². The molecule has 5 unspecified atom stereocenters. The molecule has 0 radical (unpaired) electrons. The summed E-state index contributed by atoms with van der Waals surface area (Å²) in [6.45, 7) is 3.68. The first-order valence-corrected chi connectivity index (χ1v) is 13.6. The number of carbonyl (C=O) groups is 5. The number of hydrogen-bond donors (Lipinski definition) is 9. The lowest BCUT2D eigenvalue weighted by molar-refractivity contribution is -0.143. The van der Waals surface area contributed by atoms with Crippen LogP contribution in [0.1, 0.15) is 45.1 Å². The summed E-state index contributed by atoms with van der Waals surface area (Å²) >= 11 is 0. The zero-order valence-electron chi connectivity index (χ0n) is 23.6. The predicted molar refractivity (Wildman–Crippen MR) is 155 cm³/mol. The van der Waals surface area contributed by atoms with E-state index in [1.807, 2.05) is 25.1 Å². The molecule has 0 fully saturated rings. The molecule has 0 aliphatic rings. The van der Waals surface area contributed by atoms with Gasteiger partial charge in [-0.05, 0) is 30.4 Å². The summed E-state index contributed by atoms with van der Waals surface area (Å²) in [5.41, 5.74) is 18.1. The van der Waals surface area contributed by atoms with Crippen LogP contribution in [0.15, 0.2) is 35.5 Å². The van der Waals surface area contributed by atoms with Gasteiger partial charge < -0.3 is 48.3 Å². The minimum Gasteiger partial charge on any atom is -0.481 e. The molecule has 1 aromatic heterocycles. The fraction of sp³-hybridized carbons (Fsp3) is 0.481. The van der Waals surface area contributed by atoms with Gasteiger partial charge in [-0.2, -0.15) is 0 Å². The summed E-state index contributed by atoms with van der Waals surface area (Å²) in [6.07, 6.45) is 1.60. The summed E-state index contributed by atoms with van der Waals surface area (Å²) in [5.74, 6) is -5.57. The number of benzene rings is 1. The Balaban J connectivity index is 2.24. The van der Waals surface area contributed by atoms with Crippen LogP contribution in [-0.2, 0) is 30.4 Å². The summed E-state index contributed by atoms with van der Waals surface area (Å²) in [5, 5.41) is 27.3. The minimum atomic E-state index is -1.54. The third-order valence-electron chi connectivity index (χ3n) is 6.86. The van der Waals surface area contributed by atoms with E-state index in [1.165, 1.54) is 0 Å². The molecule has 15 heteroatoms. The molecular formula is C27H40N8O7. The number of guanidine groups is 1. The first-order chi connectivity index (χ1) is 19.8. The summed E-state index contributed by atoms with van der Waals surface area (Å²) in [4.78, 5) is 69.5. The number of aromatic nitrogens is 1. The van der Waals surface area contributed by atoms with Crippen molar-refractivity contribution in [1.29, 1.82) is 0 Å². The van der Waals surface area contributed by atoms with E-state index >= 15 is 0 Å². The van der Waals surface area contributed by atoms with Gasteiger partial charge in [-0.1, -0.05) is 38.5 Å². The molecule has 0 spiro atoms. The van der Waals surface area contributed by atoms with Crippen LogP contribution >= 0.6 is 0 Å². The maximum atomic E-state index is 13.3. The lowest BCUT2D eigenvalue weighted by Crippen LogP contribution is -2.58. The average molecular weight is 589 g/mol. The molecule has 3 amide bonds. The number of nitrogens with zero attached hydrogens (tertiary/aromatic N) is 1. The first-order valence-electron chi connectivity index (χ1n) is 13.6. The maximum absolute atomic E-state index is 13.3. The van der Waals surface area contributed by atoms with Gasteiger partial charge in [0, 0.05) is 30.1 Å². The van der Waals surface area contributed by atoms with E-state index in [2.05, 4.69) is 25.9 Å². The molecule has 0 bridgehead atoms. The van der Waals surface area contributed by atoms with E-state index in [0.717, 1.165) is 10.9 Å². The smallest absolute Gasteiger partial charge is 0.326 e. The molecule has 5 atom stereocenters. The van der Waals surface area contributed by atoms with Gasteiger partial charge in [-0.3, -0.25) is 24.2 Å². The van der Waals surface area contributed by atoms with Gasteiger partial charge in [0.1, 0.15) is 18.1 Å². The largest absolute Gasteiger partial charge is 0.481 e. The van der Waals surface area contributed by atoms with Crippen molar-refractivity contribution in [2.45, 2.75) is 70.1 Å². The zero-order valence-corrected chi connectivity index (χ0v) is 23.6. The molecule has 0 saturated heterocycles. The van der Waals surface area contributed by atoms with Crippen molar-refractivity contribution in [2.24, 2.45) is 28.1 Å². The number of carboxylic acids is 2. The zero-order chi connectivity index (χ0) is 31.4. The van der Waals surface area contributed by atoms with Crippen LogP contribution in [0.25, 0.3) is 10.9 Å². The Labute approximate surface area is 242 Å². The fourth-order valence-corrected chi connectivity index (χ4v) is 4.20. The van der Waals surface area contributed by atoms with Crippen molar-refractivity contribution in [3.63, 3.8) is 0 Å². The Bertz CT molecular complexity index is 1290. The number of aliphatic carboxylic acids is 2. The number of hydrogen-bond acceptors (Lipinski definition) is 7. The number of carbonyl (C=O) groups excluding carboxylic acids is 3. The Kier molecular flexibility index (Phi) is 12.7. The number of amides is 3. The maximum Gasteiger partial charge on any atom is 0.326 e. The second-order valence-corrected chi connectivity index (χ2v) is 10.0. The molecule has 15 nitrogen and oxygen atoms in total. The summed E-state index contributed by atoms with van der Waals surface area (Å²) in [7, 11) is 0. The molecule has 42 heavy (non-hydrogen) atoms. The third kappa shape index (κ3) is 10.1. The number of carboxylic acid groups (broad SMARTS) is 2. The quantitative estimate of drug-likeness (QED) is 0.0627. The highest BCUT2D eigenvalue weighted by Gasteiger charge is 2.32. The lowest BCUT2D eigenvalue weighted by atomic mass is 9.99. The summed E-state index contributed by atoms with van der Waals surface area (Å²) < 4.78 is 0. The highest BCUT2D eigenvalue weighted by Crippen LogP contribution is 2.19. The van der Waals surface area contributed by atoms with Crippen LogP contribution < -0.4 is 33.2 Å². The monoisotopic (exact) mass is 588 g/mol. The van der Waals surface area contributed by atoms with Gasteiger partial charge in [0.15, 0.2) is 5.96 Å². The number of fused-ring (bicyclic) bond motifs is 1. The fourth-order valence-electron chi connectivity index (χ4n) is 4.20. The molecule has 12 N–H and O–H groups in total. The van der Waals surface area contributed by atoms with Crippen LogP contribution in [0.4, 0.5) is 0 Å². The molecule has 1 aromatic carbocycles. The van der Waals surface area contributed by atoms with Crippen molar-refractivity contribution in [3.05, 3.63) is 36.0 Å². The number of para-hydroxylation sites is 1. The van der Waals surface area contributed by atoms with Crippen LogP contribution in [0, 0.1) is 5.92 Å². The SMILES string of the molecule is CCC(C)C(N)C(=O)NC(CC(=O)O)C(=O)NC(CCCN=C(N)N)C(=O)NC(Cc1c[nH]c2ccccc12)C(=O)O. The predicted octanol–water partition coefficient (Wildman–Crippen LogP) is -0.849. The molecule has 2 aromatic rings. The van der Waals surface area contributed by atoms with Gasteiger partial charge in [-0.25, -0.2) is 4.79 Å². The molecular weight excluding hydrogens is 548 g/mol. The van der Waals surface area contributed by atoms with Crippen LogP contribution in [-0.4, -0.2) is 81.5 Å². The first kappa shape index (κ1) is 33.5. The number of aliphatic imine (C=N–C) groups is 1. The Hall–Kier alpha value is -4.66. The second kappa shape index (κ2) is 16.0. The van der Waals surface area contributed by atoms with Crippen molar-refractivity contribution < 1.29 is 34.2 Å². The number of nitrogens with two attached hydrogens (primary N) is 3. The van der Waals surface area contributed by atoms with Gasteiger partial charge in [0.05, 0.1) is 12.5 Å². The number of nitrogens with one attached hydrogen (secondary N) is 4. The van der Waals surface area contributed by atoms with Crippen LogP contribution in [0.5, 0.6) is 0 Å². The molecule has 0 aliphatic heterocycles. The van der Waals surface area contributed by atoms with Crippen molar-refractivity contribution in [1.82, 2.24) is 20.9 Å². The van der Waals surface area contributed by atoms with Crippen LogP contribution in [0.2, 0.25) is 0 Å². The van der Waals surface area contributed by atoms with Crippen LogP contribution in [0.3, 0.4) is 0 Å². The number of H-pyrrole nitrogens is 1. The Morgan fingerprint density at radius 2 is 1.57 bits per heavy atom. The molecule has 0 saturated carbocycles. The van der Waals surface area contributed by atoms with Gasteiger partial charge in [-0.15, -0.1) is 0 Å². The van der Waals surface area contributed by atoms with Gasteiger partial charge in [0.2, 0.25) is 17.7 Å². The van der Waals surface area contributed by atoms with Crippen molar-refractivity contribution in [2.75, 3.05) is 6.54 Å². The standard InChI is InChI=1S/C27H40N8O7/c1-3-14(2)22(28)25(40)34-19(12-21(36)37)24(39)33-18(9-6-10-31-27(29)30)23(38)35-20(26(41)42)11-15-13-32-17-8-5-4-7-16(15)17/h4-5,7-8,13-14,18-20,22,32H,3,6,9-12,28H2,1-2H3,(H,33,39)(H,34,40)(H,35,38)(H,36,37)(H,41,42)(H4,29,30,31). The molecule has 0 aliphatic carbocycles. The van der Waals surface area contributed by atoms with E-state index in [9.17, 15) is 34.2 Å². The number of aromatic amines is 1. The van der Waals surface area contributed by atoms with E-state index in [0.29, 0.717) is 12.0 Å². The molecule has 1 heterocycles. The van der Waals surface area contributed by atoms with Crippen molar-refractivity contribution in [3.8, 4) is 0 Å². The second-order valence-electron chi connectivity index (χ2n) is 10.0. The molecule has 230 valence electrons. The highest BCUT2D eigenvalue weighted by atomic mass is 16.4. The van der Waals surface area contributed by atoms with Gasteiger partial charge in [0.25, 0.3) is 0 Å². The Morgan fingerprint density at radius 3 is 2.19 bits per heavy atom. The third-order valence-corrected chi connectivity index (χ3v) is 6.86. The highest BCUT2D eigenvalue weighted by molar-refractivity contribution is 5.96. The number of rotatable bonds is 17. The van der Waals surface area contributed by atoms with E-state index in [1.54, 1.807) is 19.2 Å². The Morgan fingerprint density at radius 1 is 0.952 bits per heavy atom. The molecule has 2 rings (SSSR count). The lowest BCUT2D eigenvalue weighted by Gasteiger charge is -2.25. The normalized spacial score (nSPS) is 14.5.